The molecule has 0 bridgehead atoms. The number of rotatable bonds is 4. The molecule has 1 aromatic carbocycles. The van der Waals surface area contributed by atoms with Gasteiger partial charge in [0.1, 0.15) is 0 Å². The van der Waals surface area contributed by atoms with E-state index < -0.39 is 6.43 Å². The van der Waals surface area contributed by atoms with Gasteiger partial charge in [0.25, 0.3) is 6.43 Å². The second-order valence-corrected chi connectivity index (χ2v) is 5.62. The normalized spacial score (nSPS) is 28.8. The van der Waals surface area contributed by atoms with Crippen molar-refractivity contribution < 1.29 is 8.78 Å². The van der Waals surface area contributed by atoms with Crippen molar-refractivity contribution in [3.63, 3.8) is 0 Å². The molecule has 2 fully saturated rings. The Balaban J connectivity index is 1.70. The van der Waals surface area contributed by atoms with Gasteiger partial charge < -0.3 is 5.32 Å². The van der Waals surface area contributed by atoms with Crippen molar-refractivity contribution in [2.45, 2.75) is 31.4 Å². The molecule has 3 rings (SSSR count). The van der Waals surface area contributed by atoms with E-state index in [0.29, 0.717) is 18.5 Å². The molecular weight excluding hydrogens is 246 g/mol. The molecule has 0 spiro atoms. The molecule has 19 heavy (non-hydrogen) atoms. The van der Waals surface area contributed by atoms with E-state index in [9.17, 15) is 8.78 Å². The minimum atomic E-state index is -2.24. The first-order valence-electron chi connectivity index (χ1n) is 7.04. The molecule has 1 heterocycles. The molecule has 0 aromatic heterocycles. The quantitative estimate of drug-likeness (QED) is 0.901. The maximum absolute atomic E-state index is 12.7. The number of nitrogens with zero attached hydrogens (tertiary/aromatic N) is 1. The van der Waals surface area contributed by atoms with Gasteiger partial charge in [0.2, 0.25) is 0 Å². The molecule has 1 aliphatic carbocycles. The van der Waals surface area contributed by atoms with Crippen LogP contribution < -0.4 is 5.32 Å². The van der Waals surface area contributed by atoms with Crippen molar-refractivity contribution >= 4 is 0 Å². The first kappa shape index (κ1) is 13.0. The van der Waals surface area contributed by atoms with Crippen LogP contribution in [0.25, 0.3) is 0 Å². The highest BCUT2D eigenvalue weighted by Crippen LogP contribution is 2.37. The van der Waals surface area contributed by atoms with Crippen molar-refractivity contribution in [1.82, 2.24) is 10.2 Å². The molecule has 1 aliphatic heterocycles. The third-order valence-corrected chi connectivity index (χ3v) is 4.20. The number of benzene rings is 1. The summed E-state index contributed by atoms with van der Waals surface area (Å²) in [6, 6.07) is 10.6. The van der Waals surface area contributed by atoms with Gasteiger partial charge in [-0.3, -0.25) is 4.90 Å². The number of nitrogens with one attached hydrogen (secondary N) is 1. The number of halogens is 2. The molecule has 2 aliphatic rings. The SMILES string of the molecule is FC(F)CN1CC(c2ccccc2)NCC1C1CC1. The minimum Gasteiger partial charge on any atom is -0.307 e. The van der Waals surface area contributed by atoms with Crippen molar-refractivity contribution in [3.05, 3.63) is 35.9 Å². The van der Waals surface area contributed by atoms with Crippen LogP contribution in [0.3, 0.4) is 0 Å². The summed E-state index contributed by atoms with van der Waals surface area (Å²) in [6.45, 7) is 1.43. The lowest BCUT2D eigenvalue weighted by molar-refractivity contribution is 0.0360. The predicted octanol–water partition coefficient (Wildman–Crippen LogP) is 2.68. The Morgan fingerprint density at radius 3 is 2.58 bits per heavy atom. The van der Waals surface area contributed by atoms with E-state index in [1.165, 1.54) is 18.4 Å². The summed E-state index contributed by atoms with van der Waals surface area (Å²) in [7, 11) is 0. The molecule has 4 heteroatoms. The van der Waals surface area contributed by atoms with E-state index in [4.69, 9.17) is 0 Å². The van der Waals surface area contributed by atoms with Crippen LogP contribution in [0.2, 0.25) is 0 Å². The molecule has 0 amide bonds. The van der Waals surface area contributed by atoms with Crippen molar-refractivity contribution in [2.24, 2.45) is 5.92 Å². The van der Waals surface area contributed by atoms with Gasteiger partial charge in [-0.15, -0.1) is 0 Å². The lowest BCUT2D eigenvalue weighted by Gasteiger charge is -2.40. The molecule has 1 aromatic rings. The summed E-state index contributed by atoms with van der Waals surface area (Å²) in [5.41, 5.74) is 1.19. The monoisotopic (exact) mass is 266 g/mol. The molecule has 2 atom stereocenters. The fourth-order valence-electron chi connectivity index (χ4n) is 3.07. The maximum Gasteiger partial charge on any atom is 0.251 e. The van der Waals surface area contributed by atoms with E-state index in [1.54, 1.807) is 0 Å². The van der Waals surface area contributed by atoms with Crippen LogP contribution in [0.1, 0.15) is 24.4 Å². The number of piperazine rings is 1. The lowest BCUT2D eigenvalue weighted by atomic mass is 9.99. The second kappa shape index (κ2) is 5.55. The summed E-state index contributed by atoms with van der Waals surface area (Å²) in [4.78, 5) is 2.00. The average Bonchev–Trinajstić information content (AvgIpc) is 3.23. The highest BCUT2D eigenvalue weighted by molar-refractivity contribution is 5.20. The van der Waals surface area contributed by atoms with E-state index in [-0.39, 0.29) is 12.6 Å². The highest BCUT2D eigenvalue weighted by atomic mass is 19.3. The van der Waals surface area contributed by atoms with Crippen LogP contribution in [0.5, 0.6) is 0 Å². The number of hydrogen-bond donors (Lipinski definition) is 1. The van der Waals surface area contributed by atoms with E-state index in [2.05, 4.69) is 17.4 Å². The van der Waals surface area contributed by atoms with Crippen molar-refractivity contribution in [3.8, 4) is 0 Å². The highest BCUT2D eigenvalue weighted by Gasteiger charge is 2.39. The smallest absolute Gasteiger partial charge is 0.251 e. The molecule has 1 saturated heterocycles. The van der Waals surface area contributed by atoms with Gasteiger partial charge in [0.15, 0.2) is 0 Å². The summed E-state index contributed by atoms with van der Waals surface area (Å²) < 4.78 is 25.5. The molecule has 104 valence electrons. The van der Waals surface area contributed by atoms with E-state index >= 15 is 0 Å². The summed E-state index contributed by atoms with van der Waals surface area (Å²) in [6.07, 6.45) is 0.153. The molecule has 2 unspecified atom stereocenters. The Morgan fingerprint density at radius 1 is 1.21 bits per heavy atom. The fourth-order valence-corrected chi connectivity index (χ4v) is 3.07. The molecule has 2 nitrogen and oxygen atoms in total. The third-order valence-electron chi connectivity index (χ3n) is 4.20. The zero-order chi connectivity index (χ0) is 13.2. The van der Waals surface area contributed by atoms with Crippen LogP contribution in [0.4, 0.5) is 8.78 Å². The van der Waals surface area contributed by atoms with Crippen LogP contribution in [0.15, 0.2) is 30.3 Å². The first-order valence-corrected chi connectivity index (χ1v) is 7.04. The van der Waals surface area contributed by atoms with Gasteiger partial charge in [-0.2, -0.15) is 0 Å². The van der Waals surface area contributed by atoms with Gasteiger partial charge in [0.05, 0.1) is 6.54 Å². The maximum atomic E-state index is 12.7. The molecule has 1 saturated carbocycles. The van der Waals surface area contributed by atoms with Crippen LogP contribution in [-0.4, -0.2) is 37.0 Å². The summed E-state index contributed by atoms with van der Waals surface area (Å²) in [5, 5.41) is 3.52. The molecular formula is C15H20F2N2. The fraction of sp³-hybridized carbons (Fsp3) is 0.600. The third kappa shape index (κ3) is 3.12. The Kier molecular flexibility index (Phi) is 3.80. The Labute approximate surface area is 112 Å². The van der Waals surface area contributed by atoms with Gasteiger partial charge >= 0.3 is 0 Å². The van der Waals surface area contributed by atoms with E-state index in [0.717, 1.165) is 6.54 Å². The Hall–Kier alpha value is -1.00. The number of alkyl halides is 2. The lowest BCUT2D eigenvalue weighted by Crippen LogP contribution is -2.54. The van der Waals surface area contributed by atoms with E-state index in [1.807, 2.05) is 23.1 Å². The minimum absolute atomic E-state index is 0.0911. The van der Waals surface area contributed by atoms with Gasteiger partial charge in [-0.1, -0.05) is 30.3 Å². The summed E-state index contributed by atoms with van der Waals surface area (Å²) >= 11 is 0. The van der Waals surface area contributed by atoms with Crippen LogP contribution in [0, 0.1) is 5.92 Å². The van der Waals surface area contributed by atoms with Gasteiger partial charge in [-0.25, -0.2) is 8.78 Å². The molecule has 1 N–H and O–H groups in total. The zero-order valence-electron chi connectivity index (χ0n) is 10.9. The average molecular weight is 266 g/mol. The largest absolute Gasteiger partial charge is 0.307 e. The molecule has 0 radical (unpaired) electrons. The zero-order valence-corrected chi connectivity index (χ0v) is 10.9. The number of hydrogen-bond acceptors (Lipinski definition) is 2. The van der Waals surface area contributed by atoms with Crippen molar-refractivity contribution in [2.75, 3.05) is 19.6 Å². The Morgan fingerprint density at radius 2 is 1.95 bits per heavy atom. The topological polar surface area (TPSA) is 15.3 Å². The first-order chi connectivity index (χ1) is 9.24. The van der Waals surface area contributed by atoms with Crippen LogP contribution >= 0.6 is 0 Å². The Bertz CT molecular complexity index is 406. The predicted molar refractivity (Wildman–Crippen MR) is 71.3 cm³/mol. The second-order valence-electron chi connectivity index (χ2n) is 5.62. The summed E-state index contributed by atoms with van der Waals surface area (Å²) in [5.74, 6) is 0.628. The van der Waals surface area contributed by atoms with Crippen LogP contribution in [-0.2, 0) is 0 Å². The van der Waals surface area contributed by atoms with Gasteiger partial charge in [-0.05, 0) is 24.3 Å². The standard InChI is InChI=1S/C15H20F2N2/c16-15(17)10-19-9-13(11-4-2-1-3-5-11)18-8-14(19)12-6-7-12/h1-5,12-15,18H,6-10H2. The van der Waals surface area contributed by atoms with Crippen molar-refractivity contribution in [1.29, 1.82) is 0 Å². The van der Waals surface area contributed by atoms with Gasteiger partial charge in [0, 0.05) is 25.2 Å².